The van der Waals surface area contributed by atoms with Crippen LogP contribution < -0.4 is 5.32 Å². The van der Waals surface area contributed by atoms with Gasteiger partial charge in [-0.25, -0.2) is 8.78 Å². The van der Waals surface area contributed by atoms with Crippen molar-refractivity contribution in [3.05, 3.63) is 64.5 Å². The highest BCUT2D eigenvalue weighted by molar-refractivity contribution is 7.21. The number of hydrogen-bond acceptors (Lipinski definition) is 2. The lowest BCUT2D eigenvalue weighted by Gasteiger charge is -2.05. The lowest BCUT2D eigenvalue weighted by Crippen LogP contribution is -2.12. The average Bonchev–Trinajstić information content (AvgIpc) is 2.80. The number of para-hydroxylation sites is 1. The molecule has 1 N–H and O–H groups in total. The maximum atomic E-state index is 13.8. The number of aryl methyl sites for hydroxylation is 1. The zero-order valence-electron chi connectivity index (χ0n) is 11.1. The van der Waals surface area contributed by atoms with Crippen molar-refractivity contribution in [1.82, 2.24) is 0 Å². The van der Waals surface area contributed by atoms with Gasteiger partial charge in [-0.3, -0.25) is 4.79 Å². The Morgan fingerprint density at radius 2 is 1.76 bits per heavy atom. The van der Waals surface area contributed by atoms with Crippen LogP contribution in [-0.2, 0) is 0 Å². The number of benzene rings is 2. The van der Waals surface area contributed by atoms with Crippen molar-refractivity contribution >= 4 is 33.0 Å². The third-order valence-corrected chi connectivity index (χ3v) is 4.49. The number of rotatable bonds is 2. The molecule has 3 aromatic rings. The van der Waals surface area contributed by atoms with E-state index in [1.54, 1.807) is 31.2 Å². The second-order valence-electron chi connectivity index (χ2n) is 4.60. The Morgan fingerprint density at radius 1 is 1.05 bits per heavy atom. The summed E-state index contributed by atoms with van der Waals surface area (Å²) < 4.78 is 28.1. The van der Waals surface area contributed by atoms with Gasteiger partial charge in [0.25, 0.3) is 5.91 Å². The van der Waals surface area contributed by atoms with E-state index in [9.17, 15) is 13.6 Å². The summed E-state index contributed by atoms with van der Waals surface area (Å²) in [5.41, 5.74) is 0.682. The number of nitrogens with one attached hydrogen (secondary N) is 1. The second kappa shape index (κ2) is 5.26. The molecule has 3 rings (SSSR count). The Labute approximate surface area is 124 Å². The molecular formula is C16H11F2NOS. The van der Waals surface area contributed by atoms with E-state index in [4.69, 9.17) is 0 Å². The second-order valence-corrected chi connectivity index (χ2v) is 5.66. The molecule has 2 aromatic carbocycles. The van der Waals surface area contributed by atoms with E-state index in [0.29, 0.717) is 20.5 Å². The summed E-state index contributed by atoms with van der Waals surface area (Å²) in [6, 6.07) is 10.7. The molecule has 0 atom stereocenters. The topological polar surface area (TPSA) is 29.1 Å². The lowest BCUT2D eigenvalue weighted by atomic mass is 10.1. The minimum Gasteiger partial charge on any atom is -0.319 e. The quantitative estimate of drug-likeness (QED) is 0.728. The molecule has 0 aliphatic rings. The highest BCUT2D eigenvalue weighted by Gasteiger charge is 2.18. The number of thiophene rings is 1. The normalized spacial score (nSPS) is 10.8. The highest BCUT2D eigenvalue weighted by atomic mass is 32.1. The summed E-state index contributed by atoms with van der Waals surface area (Å²) in [5.74, 6) is -1.29. The Morgan fingerprint density at radius 3 is 2.48 bits per heavy atom. The molecule has 0 spiro atoms. The molecule has 0 radical (unpaired) electrons. The van der Waals surface area contributed by atoms with Crippen LogP contribution in [-0.4, -0.2) is 5.91 Å². The Bertz CT molecular complexity index is 841. The molecule has 0 aliphatic carbocycles. The third kappa shape index (κ3) is 2.40. The predicted molar refractivity (Wildman–Crippen MR) is 80.9 cm³/mol. The summed E-state index contributed by atoms with van der Waals surface area (Å²) in [7, 11) is 0. The fourth-order valence-electron chi connectivity index (χ4n) is 2.21. The summed E-state index contributed by atoms with van der Waals surface area (Å²) >= 11 is 1.20. The molecule has 5 heteroatoms. The van der Waals surface area contributed by atoms with Crippen LogP contribution in [0.1, 0.15) is 15.2 Å². The number of anilines is 1. The molecule has 0 fully saturated rings. The smallest absolute Gasteiger partial charge is 0.266 e. The zero-order valence-corrected chi connectivity index (χ0v) is 11.9. The van der Waals surface area contributed by atoms with E-state index < -0.39 is 11.7 Å². The Kier molecular flexibility index (Phi) is 3.43. The Balaban J connectivity index is 2.01. The zero-order chi connectivity index (χ0) is 15.0. The number of carbonyl (C=O) groups is 1. The predicted octanol–water partition coefficient (Wildman–Crippen LogP) is 4.74. The van der Waals surface area contributed by atoms with Crippen LogP contribution in [0.4, 0.5) is 14.5 Å². The number of hydrogen-bond donors (Lipinski definition) is 1. The SMILES string of the molecule is Cc1c(C(=O)Nc2ccccc2F)sc2cccc(F)c12. The van der Waals surface area contributed by atoms with Gasteiger partial charge in [0.1, 0.15) is 11.6 Å². The fourth-order valence-corrected chi connectivity index (χ4v) is 3.33. The van der Waals surface area contributed by atoms with Crippen LogP contribution in [0.3, 0.4) is 0 Å². The van der Waals surface area contributed by atoms with E-state index in [1.807, 2.05) is 0 Å². The molecule has 0 bridgehead atoms. The summed E-state index contributed by atoms with van der Waals surface area (Å²) in [5, 5.41) is 2.97. The largest absolute Gasteiger partial charge is 0.319 e. The van der Waals surface area contributed by atoms with Gasteiger partial charge in [0.15, 0.2) is 0 Å². The van der Waals surface area contributed by atoms with E-state index in [2.05, 4.69) is 5.32 Å². The van der Waals surface area contributed by atoms with Gasteiger partial charge in [0.05, 0.1) is 10.6 Å². The maximum Gasteiger partial charge on any atom is 0.266 e. The highest BCUT2D eigenvalue weighted by Crippen LogP contribution is 2.33. The van der Waals surface area contributed by atoms with Crippen LogP contribution in [0.2, 0.25) is 0 Å². The van der Waals surface area contributed by atoms with Gasteiger partial charge in [-0.05, 0) is 36.8 Å². The van der Waals surface area contributed by atoms with Crippen LogP contribution in [0.25, 0.3) is 10.1 Å². The molecule has 1 heterocycles. The van der Waals surface area contributed by atoms with Gasteiger partial charge < -0.3 is 5.32 Å². The van der Waals surface area contributed by atoms with Crippen LogP contribution >= 0.6 is 11.3 Å². The van der Waals surface area contributed by atoms with E-state index in [1.165, 1.54) is 29.5 Å². The molecule has 21 heavy (non-hydrogen) atoms. The van der Waals surface area contributed by atoms with Gasteiger partial charge in [-0.15, -0.1) is 11.3 Å². The van der Waals surface area contributed by atoms with Crippen LogP contribution in [0, 0.1) is 18.6 Å². The van der Waals surface area contributed by atoms with E-state index in [0.717, 1.165) is 0 Å². The van der Waals surface area contributed by atoms with Gasteiger partial charge >= 0.3 is 0 Å². The number of amides is 1. The number of halogens is 2. The van der Waals surface area contributed by atoms with Gasteiger partial charge in [-0.1, -0.05) is 18.2 Å². The van der Waals surface area contributed by atoms with Crippen molar-refractivity contribution in [1.29, 1.82) is 0 Å². The molecule has 0 saturated carbocycles. The van der Waals surface area contributed by atoms with Gasteiger partial charge in [0.2, 0.25) is 0 Å². The van der Waals surface area contributed by atoms with Gasteiger partial charge in [0, 0.05) is 10.1 Å². The van der Waals surface area contributed by atoms with Crippen molar-refractivity contribution in [2.24, 2.45) is 0 Å². The molecule has 106 valence electrons. The van der Waals surface area contributed by atoms with Crippen molar-refractivity contribution in [3.8, 4) is 0 Å². The Hall–Kier alpha value is -2.27. The molecule has 0 unspecified atom stereocenters. The summed E-state index contributed by atoms with van der Waals surface area (Å²) in [6.45, 7) is 1.69. The molecular weight excluding hydrogens is 292 g/mol. The van der Waals surface area contributed by atoms with Crippen molar-refractivity contribution in [3.63, 3.8) is 0 Å². The first-order chi connectivity index (χ1) is 10.1. The van der Waals surface area contributed by atoms with Crippen molar-refractivity contribution < 1.29 is 13.6 Å². The van der Waals surface area contributed by atoms with E-state index in [-0.39, 0.29) is 11.5 Å². The first-order valence-electron chi connectivity index (χ1n) is 6.31. The van der Waals surface area contributed by atoms with Crippen molar-refractivity contribution in [2.45, 2.75) is 6.92 Å². The minimum atomic E-state index is -0.504. The molecule has 1 amide bonds. The van der Waals surface area contributed by atoms with Crippen molar-refractivity contribution in [2.75, 3.05) is 5.32 Å². The molecule has 2 nitrogen and oxygen atoms in total. The molecule has 0 aliphatic heterocycles. The van der Waals surface area contributed by atoms with Crippen LogP contribution in [0.5, 0.6) is 0 Å². The first kappa shape index (κ1) is 13.7. The third-order valence-electron chi connectivity index (χ3n) is 3.23. The first-order valence-corrected chi connectivity index (χ1v) is 7.13. The summed E-state index contributed by atoms with van der Waals surface area (Å²) in [6.07, 6.45) is 0. The monoisotopic (exact) mass is 303 g/mol. The standard InChI is InChI=1S/C16H11F2NOS/c1-9-14-11(18)6-4-8-13(14)21-15(9)16(20)19-12-7-3-2-5-10(12)17/h2-8H,1H3,(H,19,20). The van der Waals surface area contributed by atoms with Crippen LogP contribution in [0.15, 0.2) is 42.5 Å². The molecule has 0 saturated heterocycles. The number of carbonyl (C=O) groups excluding carboxylic acids is 1. The average molecular weight is 303 g/mol. The van der Waals surface area contributed by atoms with E-state index >= 15 is 0 Å². The summed E-state index contributed by atoms with van der Waals surface area (Å²) in [4.78, 5) is 12.7. The minimum absolute atomic E-state index is 0.111. The maximum absolute atomic E-state index is 13.8. The lowest BCUT2D eigenvalue weighted by molar-refractivity contribution is 0.102. The molecule has 1 aromatic heterocycles. The fraction of sp³-hybridized carbons (Fsp3) is 0.0625. The van der Waals surface area contributed by atoms with Gasteiger partial charge in [-0.2, -0.15) is 0 Å². The number of fused-ring (bicyclic) bond motifs is 1.